The molecule has 0 N–H and O–H groups in total. The first-order valence-corrected chi connectivity index (χ1v) is 4.34. The Hall–Kier alpha value is -1.58. The Bertz CT molecular complexity index is 311. The highest BCUT2D eigenvalue weighted by Crippen LogP contribution is 2.05. The second-order valence-electron chi connectivity index (χ2n) is 3.15. The average molecular weight is 196 g/mol. The molecule has 4 nitrogen and oxygen atoms in total. The van der Waals surface area contributed by atoms with Gasteiger partial charge in [0.2, 0.25) is 0 Å². The van der Waals surface area contributed by atoms with Crippen LogP contribution in [0.1, 0.15) is 30.6 Å². The molecule has 0 aliphatic carbocycles. The van der Waals surface area contributed by atoms with Gasteiger partial charge in [-0.1, -0.05) is 0 Å². The van der Waals surface area contributed by atoms with Crippen molar-refractivity contribution in [1.82, 2.24) is 0 Å². The van der Waals surface area contributed by atoms with Crippen LogP contribution in [0.3, 0.4) is 0 Å². The molecule has 0 spiro atoms. The standard InChI is InChI=1S/C10H12O4/c1-7(2)14-10(12)5-9(11)8-3-4-13-6-8/h3-4,6-7H,5H2,1-2H3. The Labute approximate surface area is 81.9 Å². The zero-order chi connectivity index (χ0) is 10.6. The summed E-state index contributed by atoms with van der Waals surface area (Å²) in [5.41, 5.74) is 0.394. The molecule has 0 fully saturated rings. The third-order valence-electron chi connectivity index (χ3n) is 1.52. The third-order valence-corrected chi connectivity index (χ3v) is 1.52. The van der Waals surface area contributed by atoms with Gasteiger partial charge in [0, 0.05) is 0 Å². The van der Waals surface area contributed by atoms with E-state index < -0.39 is 5.97 Å². The highest BCUT2D eigenvalue weighted by molar-refractivity contribution is 6.05. The minimum Gasteiger partial charge on any atom is -0.472 e. The summed E-state index contributed by atoms with van der Waals surface area (Å²) in [6, 6.07) is 1.52. The molecule has 0 bridgehead atoms. The maximum absolute atomic E-state index is 11.3. The maximum Gasteiger partial charge on any atom is 0.313 e. The molecule has 1 heterocycles. The Balaban J connectivity index is 2.46. The van der Waals surface area contributed by atoms with E-state index in [4.69, 9.17) is 9.15 Å². The number of Topliss-reactive ketones (excluding diaryl/α,β-unsaturated/α-hetero) is 1. The summed E-state index contributed by atoms with van der Waals surface area (Å²) in [5, 5.41) is 0. The zero-order valence-corrected chi connectivity index (χ0v) is 8.15. The number of ketones is 1. The lowest BCUT2D eigenvalue weighted by atomic mass is 10.2. The number of hydrogen-bond donors (Lipinski definition) is 0. The molecule has 0 aliphatic heterocycles. The molecule has 4 heteroatoms. The second-order valence-corrected chi connectivity index (χ2v) is 3.15. The topological polar surface area (TPSA) is 56.5 Å². The van der Waals surface area contributed by atoms with Crippen LogP contribution in [-0.2, 0) is 9.53 Å². The van der Waals surface area contributed by atoms with Gasteiger partial charge in [-0.2, -0.15) is 0 Å². The number of rotatable bonds is 4. The van der Waals surface area contributed by atoms with Crippen LogP contribution in [0.4, 0.5) is 0 Å². The Morgan fingerprint density at radius 1 is 1.50 bits per heavy atom. The monoisotopic (exact) mass is 196 g/mol. The minimum atomic E-state index is -0.508. The van der Waals surface area contributed by atoms with Crippen molar-refractivity contribution in [2.75, 3.05) is 0 Å². The fourth-order valence-electron chi connectivity index (χ4n) is 0.961. The maximum atomic E-state index is 11.3. The van der Waals surface area contributed by atoms with Crippen molar-refractivity contribution in [3.05, 3.63) is 24.2 Å². The first-order valence-electron chi connectivity index (χ1n) is 4.34. The van der Waals surface area contributed by atoms with Gasteiger partial charge in [0.25, 0.3) is 0 Å². The molecular weight excluding hydrogens is 184 g/mol. The number of ether oxygens (including phenoxy) is 1. The number of carbonyl (C=O) groups excluding carboxylic acids is 2. The smallest absolute Gasteiger partial charge is 0.313 e. The van der Waals surface area contributed by atoms with Crippen LogP contribution in [0.2, 0.25) is 0 Å². The van der Waals surface area contributed by atoms with Gasteiger partial charge < -0.3 is 9.15 Å². The number of carbonyl (C=O) groups is 2. The minimum absolute atomic E-state index is 0.195. The van der Waals surface area contributed by atoms with Gasteiger partial charge in [-0.3, -0.25) is 9.59 Å². The van der Waals surface area contributed by atoms with Gasteiger partial charge in [0.1, 0.15) is 12.7 Å². The van der Waals surface area contributed by atoms with E-state index in [-0.39, 0.29) is 18.3 Å². The first-order chi connectivity index (χ1) is 6.59. The summed E-state index contributed by atoms with van der Waals surface area (Å²) in [5.74, 6) is -0.796. The molecule has 14 heavy (non-hydrogen) atoms. The van der Waals surface area contributed by atoms with E-state index in [1.54, 1.807) is 13.8 Å². The van der Waals surface area contributed by atoms with E-state index >= 15 is 0 Å². The van der Waals surface area contributed by atoms with Crippen molar-refractivity contribution in [2.45, 2.75) is 26.4 Å². The number of furan rings is 1. The molecule has 0 amide bonds. The third kappa shape index (κ3) is 3.05. The van der Waals surface area contributed by atoms with E-state index in [1.165, 1.54) is 18.6 Å². The summed E-state index contributed by atoms with van der Waals surface area (Å²) in [6.07, 6.45) is 2.27. The lowest BCUT2D eigenvalue weighted by Crippen LogP contribution is -2.15. The van der Waals surface area contributed by atoms with Crippen molar-refractivity contribution >= 4 is 11.8 Å². The van der Waals surface area contributed by atoms with Gasteiger partial charge in [-0.05, 0) is 19.9 Å². The van der Waals surface area contributed by atoms with Crippen molar-refractivity contribution in [3.63, 3.8) is 0 Å². The first kappa shape index (κ1) is 10.5. The normalized spacial score (nSPS) is 10.2. The molecule has 0 atom stereocenters. The van der Waals surface area contributed by atoms with Crippen LogP contribution in [0.25, 0.3) is 0 Å². The summed E-state index contributed by atoms with van der Waals surface area (Å²) >= 11 is 0. The second kappa shape index (κ2) is 4.60. The summed E-state index contributed by atoms with van der Waals surface area (Å²) in [4.78, 5) is 22.4. The molecule has 1 aromatic rings. The van der Waals surface area contributed by atoms with Crippen LogP contribution in [0.5, 0.6) is 0 Å². The number of hydrogen-bond acceptors (Lipinski definition) is 4. The molecular formula is C10H12O4. The fourth-order valence-corrected chi connectivity index (χ4v) is 0.961. The zero-order valence-electron chi connectivity index (χ0n) is 8.15. The molecule has 0 aliphatic rings. The van der Waals surface area contributed by atoms with E-state index in [2.05, 4.69) is 0 Å². The van der Waals surface area contributed by atoms with Gasteiger partial charge >= 0.3 is 5.97 Å². The average Bonchev–Trinajstić information content (AvgIpc) is 2.53. The van der Waals surface area contributed by atoms with E-state index in [9.17, 15) is 9.59 Å². The predicted molar refractivity (Wildman–Crippen MR) is 48.9 cm³/mol. The lowest BCUT2D eigenvalue weighted by molar-refractivity contribution is -0.146. The summed E-state index contributed by atoms with van der Waals surface area (Å²) < 4.78 is 9.55. The molecule has 0 saturated heterocycles. The van der Waals surface area contributed by atoms with Crippen LogP contribution < -0.4 is 0 Å². The van der Waals surface area contributed by atoms with Crippen LogP contribution >= 0.6 is 0 Å². The van der Waals surface area contributed by atoms with E-state index in [0.29, 0.717) is 5.56 Å². The van der Waals surface area contributed by atoms with Crippen molar-refractivity contribution < 1.29 is 18.7 Å². The Kier molecular flexibility index (Phi) is 3.45. The van der Waals surface area contributed by atoms with Crippen LogP contribution in [0.15, 0.2) is 23.0 Å². The van der Waals surface area contributed by atoms with Crippen molar-refractivity contribution in [3.8, 4) is 0 Å². The molecule has 1 aromatic heterocycles. The molecule has 0 saturated carbocycles. The molecule has 0 aromatic carbocycles. The summed E-state index contributed by atoms with van der Waals surface area (Å²) in [7, 11) is 0. The quantitative estimate of drug-likeness (QED) is 0.418. The van der Waals surface area contributed by atoms with Gasteiger partial charge in [0.05, 0.1) is 17.9 Å². The Morgan fingerprint density at radius 2 is 2.21 bits per heavy atom. The molecule has 76 valence electrons. The number of esters is 1. The molecule has 0 radical (unpaired) electrons. The Morgan fingerprint density at radius 3 is 2.71 bits per heavy atom. The van der Waals surface area contributed by atoms with E-state index in [0.717, 1.165) is 0 Å². The predicted octanol–water partition coefficient (Wildman–Crippen LogP) is 1.80. The van der Waals surface area contributed by atoms with Crippen LogP contribution in [-0.4, -0.2) is 17.9 Å². The molecule has 0 unspecified atom stereocenters. The van der Waals surface area contributed by atoms with Gasteiger partial charge in [-0.15, -0.1) is 0 Å². The highest BCUT2D eigenvalue weighted by Gasteiger charge is 2.14. The summed E-state index contributed by atoms with van der Waals surface area (Å²) in [6.45, 7) is 3.47. The largest absolute Gasteiger partial charge is 0.472 e. The highest BCUT2D eigenvalue weighted by atomic mass is 16.5. The van der Waals surface area contributed by atoms with Gasteiger partial charge in [-0.25, -0.2) is 0 Å². The lowest BCUT2D eigenvalue weighted by Gasteiger charge is -2.06. The van der Waals surface area contributed by atoms with E-state index in [1.807, 2.05) is 0 Å². The van der Waals surface area contributed by atoms with Gasteiger partial charge in [0.15, 0.2) is 5.78 Å². The molecule has 1 rings (SSSR count). The van der Waals surface area contributed by atoms with Crippen LogP contribution in [0, 0.1) is 0 Å². The van der Waals surface area contributed by atoms with Crippen molar-refractivity contribution in [1.29, 1.82) is 0 Å². The fraction of sp³-hybridized carbons (Fsp3) is 0.400. The SMILES string of the molecule is CC(C)OC(=O)CC(=O)c1ccoc1. The van der Waals surface area contributed by atoms with Crippen molar-refractivity contribution in [2.24, 2.45) is 0 Å².